The standard InChI is InChI=1S/C9H10BrNO2/c1-5(2)6-3-4-11-8(10)7(6)9(12)13/h3-5H,1-2H3,(H,12,13). The van der Waals surface area contributed by atoms with E-state index >= 15 is 0 Å². The smallest absolute Gasteiger partial charge is 0.338 e. The van der Waals surface area contributed by atoms with Crippen LogP contribution in [-0.2, 0) is 0 Å². The first-order valence-electron chi connectivity index (χ1n) is 3.91. The Morgan fingerprint density at radius 3 is 2.62 bits per heavy atom. The van der Waals surface area contributed by atoms with Crippen molar-refractivity contribution in [1.82, 2.24) is 4.98 Å². The molecule has 1 rings (SSSR count). The molecular weight excluding hydrogens is 234 g/mol. The van der Waals surface area contributed by atoms with Gasteiger partial charge < -0.3 is 5.11 Å². The van der Waals surface area contributed by atoms with E-state index in [0.717, 1.165) is 5.56 Å². The molecule has 0 aliphatic rings. The quantitative estimate of drug-likeness (QED) is 0.813. The zero-order valence-electron chi connectivity index (χ0n) is 7.41. The van der Waals surface area contributed by atoms with Crippen LogP contribution in [0.1, 0.15) is 35.7 Å². The summed E-state index contributed by atoms with van der Waals surface area (Å²) in [7, 11) is 0. The third-order valence-electron chi connectivity index (χ3n) is 1.77. The lowest BCUT2D eigenvalue weighted by atomic mass is 10.00. The number of hydrogen-bond donors (Lipinski definition) is 1. The van der Waals surface area contributed by atoms with Gasteiger partial charge in [0, 0.05) is 6.20 Å². The third kappa shape index (κ3) is 2.06. The molecule has 1 N–H and O–H groups in total. The number of rotatable bonds is 2. The molecule has 0 aliphatic carbocycles. The summed E-state index contributed by atoms with van der Waals surface area (Å²) < 4.78 is 0.395. The van der Waals surface area contributed by atoms with Gasteiger partial charge in [0.05, 0.1) is 5.56 Å². The Morgan fingerprint density at radius 1 is 1.62 bits per heavy atom. The van der Waals surface area contributed by atoms with Crippen LogP contribution in [0.4, 0.5) is 0 Å². The molecule has 0 atom stereocenters. The zero-order chi connectivity index (χ0) is 10.0. The molecule has 0 unspecified atom stereocenters. The molecule has 0 aromatic carbocycles. The summed E-state index contributed by atoms with van der Waals surface area (Å²) in [6.45, 7) is 3.91. The van der Waals surface area contributed by atoms with Gasteiger partial charge in [-0.25, -0.2) is 9.78 Å². The van der Waals surface area contributed by atoms with Crippen molar-refractivity contribution in [3.05, 3.63) is 28.0 Å². The number of carbonyl (C=O) groups is 1. The Labute approximate surface area is 84.9 Å². The van der Waals surface area contributed by atoms with Crippen LogP contribution >= 0.6 is 15.9 Å². The predicted octanol–water partition coefficient (Wildman–Crippen LogP) is 2.67. The summed E-state index contributed by atoms with van der Waals surface area (Å²) in [5, 5.41) is 8.93. The first-order valence-corrected chi connectivity index (χ1v) is 4.71. The Morgan fingerprint density at radius 2 is 2.23 bits per heavy atom. The van der Waals surface area contributed by atoms with E-state index in [1.54, 1.807) is 12.3 Å². The average molecular weight is 244 g/mol. The van der Waals surface area contributed by atoms with Crippen LogP contribution in [0.5, 0.6) is 0 Å². The van der Waals surface area contributed by atoms with Crippen molar-refractivity contribution in [2.45, 2.75) is 19.8 Å². The van der Waals surface area contributed by atoms with Gasteiger partial charge in [-0.2, -0.15) is 0 Å². The summed E-state index contributed by atoms with van der Waals surface area (Å²) >= 11 is 3.12. The van der Waals surface area contributed by atoms with E-state index in [-0.39, 0.29) is 11.5 Å². The van der Waals surface area contributed by atoms with Crippen LogP contribution in [0.25, 0.3) is 0 Å². The van der Waals surface area contributed by atoms with E-state index in [0.29, 0.717) is 4.60 Å². The summed E-state index contributed by atoms with van der Waals surface area (Å²) in [6.07, 6.45) is 1.60. The molecule has 1 heterocycles. The van der Waals surface area contributed by atoms with E-state index in [1.165, 1.54) is 0 Å². The van der Waals surface area contributed by atoms with Crippen molar-refractivity contribution in [3.63, 3.8) is 0 Å². The van der Waals surface area contributed by atoms with Crippen LogP contribution in [0.3, 0.4) is 0 Å². The first kappa shape index (κ1) is 10.2. The largest absolute Gasteiger partial charge is 0.478 e. The van der Waals surface area contributed by atoms with Gasteiger partial charge in [0.2, 0.25) is 0 Å². The molecule has 0 amide bonds. The SMILES string of the molecule is CC(C)c1ccnc(Br)c1C(=O)O. The number of aromatic nitrogens is 1. The molecule has 13 heavy (non-hydrogen) atoms. The van der Waals surface area contributed by atoms with Crippen LogP contribution in [0.2, 0.25) is 0 Å². The lowest BCUT2D eigenvalue weighted by molar-refractivity contribution is 0.0693. The average Bonchev–Trinajstić information content (AvgIpc) is 2.02. The van der Waals surface area contributed by atoms with Crippen molar-refractivity contribution >= 4 is 21.9 Å². The van der Waals surface area contributed by atoms with Crippen molar-refractivity contribution in [1.29, 1.82) is 0 Å². The number of hydrogen-bond acceptors (Lipinski definition) is 2. The highest BCUT2D eigenvalue weighted by Gasteiger charge is 2.16. The molecule has 0 saturated heterocycles. The number of carboxylic acids is 1. The van der Waals surface area contributed by atoms with Gasteiger partial charge in [-0.05, 0) is 33.5 Å². The number of pyridine rings is 1. The van der Waals surface area contributed by atoms with Gasteiger partial charge in [0.15, 0.2) is 0 Å². The van der Waals surface area contributed by atoms with E-state index < -0.39 is 5.97 Å². The highest BCUT2D eigenvalue weighted by molar-refractivity contribution is 9.10. The van der Waals surface area contributed by atoms with Crippen molar-refractivity contribution in [2.75, 3.05) is 0 Å². The Balaban J connectivity index is 3.34. The minimum absolute atomic E-state index is 0.186. The van der Waals surface area contributed by atoms with Gasteiger partial charge in [0.25, 0.3) is 0 Å². The zero-order valence-corrected chi connectivity index (χ0v) is 9.00. The van der Waals surface area contributed by atoms with Gasteiger partial charge >= 0.3 is 5.97 Å². The second-order valence-electron chi connectivity index (χ2n) is 3.03. The topological polar surface area (TPSA) is 50.2 Å². The highest BCUT2D eigenvalue weighted by Crippen LogP contribution is 2.24. The Kier molecular flexibility index (Phi) is 3.03. The maximum absolute atomic E-state index is 10.9. The Bertz CT molecular complexity index is 336. The lowest BCUT2D eigenvalue weighted by Gasteiger charge is -2.09. The van der Waals surface area contributed by atoms with Crippen LogP contribution in [0, 0.1) is 0 Å². The number of halogens is 1. The minimum Gasteiger partial charge on any atom is -0.478 e. The molecule has 0 radical (unpaired) electrons. The van der Waals surface area contributed by atoms with E-state index in [4.69, 9.17) is 5.11 Å². The highest BCUT2D eigenvalue weighted by atomic mass is 79.9. The lowest BCUT2D eigenvalue weighted by Crippen LogP contribution is -2.06. The predicted molar refractivity (Wildman–Crippen MR) is 53.0 cm³/mol. The molecule has 0 aliphatic heterocycles. The van der Waals surface area contributed by atoms with Gasteiger partial charge in [-0.3, -0.25) is 0 Å². The molecule has 70 valence electrons. The number of carboxylic acid groups (broad SMARTS) is 1. The van der Waals surface area contributed by atoms with Crippen LogP contribution < -0.4 is 0 Å². The molecule has 4 heteroatoms. The third-order valence-corrected chi connectivity index (χ3v) is 2.37. The Hall–Kier alpha value is -0.900. The second kappa shape index (κ2) is 3.87. The molecule has 0 spiro atoms. The van der Waals surface area contributed by atoms with Gasteiger partial charge in [0.1, 0.15) is 4.60 Å². The summed E-state index contributed by atoms with van der Waals surface area (Å²) in [6, 6.07) is 1.74. The fraction of sp³-hybridized carbons (Fsp3) is 0.333. The maximum atomic E-state index is 10.9. The number of aromatic carboxylic acids is 1. The fourth-order valence-electron chi connectivity index (χ4n) is 1.14. The molecular formula is C9H10BrNO2. The summed E-state index contributed by atoms with van der Waals surface area (Å²) in [5.41, 5.74) is 1.06. The molecule has 0 fully saturated rings. The molecule has 0 bridgehead atoms. The van der Waals surface area contributed by atoms with Crippen molar-refractivity contribution < 1.29 is 9.90 Å². The fourth-order valence-corrected chi connectivity index (χ4v) is 1.66. The van der Waals surface area contributed by atoms with E-state index in [9.17, 15) is 4.79 Å². The summed E-state index contributed by atoms with van der Waals surface area (Å²) in [4.78, 5) is 14.8. The molecule has 1 aromatic rings. The van der Waals surface area contributed by atoms with E-state index in [1.807, 2.05) is 13.8 Å². The van der Waals surface area contributed by atoms with Crippen LogP contribution in [-0.4, -0.2) is 16.1 Å². The molecule has 1 aromatic heterocycles. The van der Waals surface area contributed by atoms with Crippen molar-refractivity contribution in [3.8, 4) is 0 Å². The molecule has 0 saturated carbocycles. The van der Waals surface area contributed by atoms with Crippen LogP contribution in [0.15, 0.2) is 16.9 Å². The number of nitrogens with zero attached hydrogens (tertiary/aromatic N) is 1. The minimum atomic E-state index is -0.941. The maximum Gasteiger partial charge on any atom is 0.338 e. The second-order valence-corrected chi connectivity index (χ2v) is 3.78. The first-order chi connectivity index (χ1) is 6.04. The monoisotopic (exact) mass is 243 g/mol. The normalized spacial score (nSPS) is 10.5. The van der Waals surface area contributed by atoms with Crippen molar-refractivity contribution in [2.24, 2.45) is 0 Å². The van der Waals surface area contributed by atoms with E-state index in [2.05, 4.69) is 20.9 Å². The molecule has 3 nitrogen and oxygen atoms in total. The van der Waals surface area contributed by atoms with Gasteiger partial charge in [-0.15, -0.1) is 0 Å². The summed E-state index contributed by atoms with van der Waals surface area (Å²) in [5.74, 6) is -0.755. The van der Waals surface area contributed by atoms with Gasteiger partial charge in [-0.1, -0.05) is 13.8 Å².